The summed E-state index contributed by atoms with van der Waals surface area (Å²) in [6, 6.07) is 0. The highest BCUT2D eigenvalue weighted by molar-refractivity contribution is 5.68. The smallest absolute Gasteiger partial charge is 0.306 e. The number of ether oxygens (including phenoxy) is 1. The highest BCUT2D eigenvalue weighted by Crippen LogP contribution is 2.41. The lowest BCUT2D eigenvalue weighted by molar-refractivity contribution is -0.169. The van der Waals surface area contributed by atoms with Crippen LogP contribution in [-0.2, 0) is 9.53 Å². The van der Waals surface area contributed by atoms with Crippen molar-refractivity contribution in [3.63, 3.8) is 0 Å². The Kier molecular flexibility index (Phi) is 3.70. The Balaban J connectivity index is 1.97. The van der Waals surface area contributed by atoms with E-state index in [9.17, 15) is 4.79 Å². The average Bonchev–Trinajstić information content (AvgIpc) is 2.09. The second-order valence-corrected chi connectivity index (χ2v) is 7.01. The zero-order valence-corrected chi connectivity index (χ0v) is 11.7. The molecule has 104 valence electrons. The largest absolute Gasteiger partial charge is 0.481 e. The summed E-state index contributed by atoms with van der Waals surface area (Å²) in [6.45, 7) is 8.17. The van der Waals surface area contributed by atoms with Crippen molar-refractivity contribution in [2.24, 2.45) is 11.3 Å². The van der Waals surface area contributed by atoms with Crippen LogP contribution in [0.4, 0.5) is 0 Å². The maximum atomic E-state index is 10.9. The predicted molar refractivity (Wildman–Crippen MR) is 69.5 cm³/mol. The molecule has 4 nitrogen and oxygen atoms in total. The van der Waals surface area contributed by atoms with Crippen LogP contribution < -0.4 is 5.32 Å². The molecule has 0 aromatic carbocycles. The predicted octanol–water partition coefficient (Wildman–Crippen LogP) is 2.03. The molecule has 1 aliphatic heterocycles. The summed E-state index contributed by atoms with van der Waals surface area (Å²) >= 11 is 0. The monoisotopic (exact) mass is 255 g/mol. The van der Waals surface area contributed by atoms with Crippen molar-refractivity contribution in [3.8, 4) is 0 Å². The first-order valence-electron chi connectivity index (χ1n) is 6.91. The lowest BCUT2D eigenvalue weighted by atomic mass is 9.71. The zero-order valence-electron chi connectivity index (χ0n) is 11.7. The quantitative estimate of drug-likeness (QED) is 0.807. The van der Waals surface area contributed by atoms with Gasteiger partial charge in [0.25, 0.3) is 0 Å². The molecule has 0 spiro atoms. The summed E-state index contributed by atoms with van der Waals surface area (Å²) in [7, 11) is 0. The molecule has 4 heteroatoms. The van der Waals surface area contributed by atoms with Crippen LogP contribution in [0, 0.1) is 11.3 Å². The third-order valence-corrected chi connectivity index (χ3v) is 4.13. The minimum atomic E-state index is -0.764. The molecule has 2 unspecified atom stereocenters. The highest BCUT2D eigenvalue weighted by Gasteiger charge is 2.44. The van der Waals surface area contributed by atoms with Crippen molar-refractivity contribution in [3.05, 3.63) is 0 Å². The minimum Gasteiger partial charge on any atom is -0.481 e. The molecular weight excluding hydrogens is 230 g/mol. The van der Waals surface area contributed by atoms with Crippen molar-refractivity contribution < 1.29 is 14.6 Å². The lowest BCUT2D eigenvalue weighted by Crippen LogP contribution is -2.63. The Morgan fingerprint density at radius 1 is 1.39 bits per heavy atom. The van der Waals surface area contributed by atoms with E-state index in [1.54, 1.807) is 0 Å². The van der Waals surface area contributed by atoms with E-state index in [0.717, 1.165) is 12.8 Å². The summed E-state index contributed by atoms with van der Waals surface area (Å²) in [5.41, 5.74) is -0.145. The molecule has 2 fully saturated rings. The molecule has 1 aliphatic carbocycles. The van der Waals surface area contributed by atoms with Crippen LogP contribution in [0.15, 0.2) is 0 Å². The van der Waals surface area contributed by atoms with E-state index in [0.29, 0.717) is 24.4 Å². The minimum absolute atomic E-state index is 0.116. The van der Waals surface area contributed by atoms with Crippen molar-refractivity contribution >= 4 is 5.97 Å². The van der Waals surface area contributed by atoms with Gasteiger partial charge in [-0.05, 0) is 30.6 Å². The maximum Gasteiger partial charge on any atom is 0.306 e. The molecular formula is C14H25NO3. The van der Waals surface area contributed by atoms with Gasteiger partial charge in [0.15, 0.2) is 0 Å². The highest BCUT2D eigenvalue weighted by atomic mass is 16.5. The van der Waals surface area contributed by atoms with E-state index in [1.807, 2.05) is 0 Å². The third-order valence-electron chi connectivity index (χ3n) is 4.13. The molecule has 1 saturated carbocycles. The Bertz CT molecular complexity index is 323. The van der Waals surface area contributed by atoms with E-state index < -0.39 is 11.6 Å². The molecule has 0 amide bonds. The number of nitrogens with one attached hydrogen (secondary N) is 1. The van der Waals surface area contributed by atoms with Gasteiger partial charge in [0, 0.05) is 13.1 Å². The molecule has 18 heavy (non-hydrogen) atoms. The van der Waals surface area contributed by atoms with Gasteiger partial charge in [-0.3, -0.25) is 4.79 Å². The zero-order chi connectivity index (χ0) is 13.4. The molecule has 1 heterocycles. The first-order valence-corrected chi connectivity index (χ1v) is 6.91. The first kappa shape index (κ1) is 13.8. The molecule has 1 saturated heterocycles. The normalized spacial score (nSPS) is 33.7. The SMILES string of the molecule is CC1CC(OC2(CC(=O)O)CNC2)CC(C)(C)C1. The molecule has 2 aliphatic rings. The fourth-order valence-electron chi connectivity index (χ4n) is 3.63. The van der Waals surface area contributed by atoms with E-state index in [2.05, 4.69) is 26.1 Å². The molecule has 2 atom stereocenters. The Morgan fingerprint density at radius 2 is 2.06 bits per heavy atom. The van der Waals surface area contributed by atoms with Gasteiger partial charge < -0.3 is 15.2 Å². The number of rotatable bonds is 4. The van der Waals surface area contributed by atoms with Crippen LogP contribution in [0.5, 0.6) is 0 Å². The van der Waals surface area contributed by atoms with E-state index in [4.69, 9.17) is 9.84 Å². The standard InChI is InChI=1S/C14H25NO3/c1-10-4-11(6-13(2,3)5-10)18-14(7-12(16)17)8-15-9-14/h10-11,15H,4-9H2,1-3H3,(H,16,17). The van der Waals surface area contributed by atoms with Crippen molar-refractivity contribution in [1.82, 2.24) is 5.32 Å². The fourth-order valence-corrected chi connectivity index (χ4v) is 3.63. The Hall–Kier alpha value is -0.610. The number of carboxylic acid groups (broad SMARTS) is 1. The van der Waals surface area contributed by atoms with Crippen LogP contribution in [0.3, 0.4) is 0 Å². The van der Waals surface area contributed by atoms with Crippen LogP contribution in [0.2, 0.25) is 0 Å². The van der Waals surface area contributed by atoms with Gasteiger partial charge >= 0.3 is 5.97 Å². The van der Waals surface area contributed by atoms with Crippen LogP contribution in [0.25, 0.3) is 0 Å². The summed E-state index contributed by atoms with van der Waals surface area (Å²) < 4.78 is 6.19. The van der Waals surface area contributed by atoms with Crippen LogP contribution in [-0.4, -0.2) is 35.9 Å². The average molecular weight is 255 g/mol. The number of carboxylic acids is 1. The first-order chi connectivity index (χ1) is 8.30. The number of carbonyl (C=O) groups is 1. The van der Waals surface area contributed by atoms with Gasteiger partial charge in [0.05, 0.1) is 12.5 Å². The maximum absolute atomic E-state index is 10.9. The van der Waals surface area contributed by atoms with E-state index in [1.165, 1.54) is 6.42 Å². The van der Waals surface area contributed by atoms with Crippen molar-refractivity contribution in [1.29, 1.82) is 0 Å². The van der Waals surface area contributed by atoms with E-state index in [-0.39, 0.29) is 12.5 Å². The van der Waals surface area contributed by atoms with Gasteiger partial charge in [0.1, 0.15) is 5.60 Å². The fraction of sp³-hybridized carbons (Fsp3) is 0.929. The lowest BCUT2D eigenvalue weighted by Gasteiger charge is -2.47. The van der Waals surface area contributed by atoms with Crippen LogP contribution in [0.1, 0.15) is 46.5 Å². The number of hydrogen-bond donors (Lipinski definition) is 2. The van der Waals surface area contributed by atoms with Gasteiger partial charge in [0.2, 0.25) is 0 Å². The summed E-state index contributed by atoms with van der Waals surface area (Å²) in [5, 5.41) is 12.1. The van der Waals surface area contributed by atoms with Gasteiger partial charge in [-0.2, -0.15) is 0 Å². The van der Waals surface area contributed by atoms with Crippen LogP contribution >= 0.6 is 0 Å². The molecule has 2 N–H and O–H groups in total. The molecule has 0 aromatic heterocycles. The number of aliphatic carboxylic acids is 1. The molecule has 0 bridgehead atoms. The molecule has 0 radical (unpaired) electrons. The number of hydrogen-bond acceptors (Lipinski definition) is 3. The summed E-state index contributed by atoms with van der Waals surface area (Å²) in [5.74, 6) is -0.103. The molecule has 2 rings (SSSR count). The van der Waals surface area contributed by atoms with Gasteiger partial charge in [-0.1, -0.05) is 20.8 Å². The van der Waals surface area contributed by atoms with Gasteiger partial charge in [-0.15, -0.1) is 0 Å². The van der Waals surface area contributed by atoms with Gasteiger partial charge in [-0.25, -0.2) is 0 Å². The Labute approximate surface area is 109 Å². The topological polar surface area (TPSA) is 58.6 Å². The second-order valence-electron chi connectivity index (χ2n) is 7.01. The summed E-state index contributed by atoms with van der Waals surface area (Å²) in [4.78, 5) is 10.9. The second kappa shape index (κ2) is 4.82. The van der Waals surface area contributed by atoms with Crippen molar-refractivity contribution in [2.45, 2.75) is 58.2 Å². The van der Waals surface area contributed by atoms with Crippen molar-refractivity contribution in [2.75, 3.05) is 13.1 Å². The van der Waals surface area contributed by atoms with E-state index >= 15 is 0 Å². The Morgan fingerprint density at radius 3 is 2.50 bits per heavy atom. The third kappa shape index (κ3) is 3.23. The molecule has 0 aromatic rings. The summed E-state index contributed by atoms with van der Waals surface area (Å²) in [6.07, 6.45) is 3.66.